The maximum atomic E-state index is 11.3. The van der Waals surface area contributed by atoms with Crippen LogP contribution in [0.25, 0.3) is 0 Å². The molecule has 1 N–H and O–H groups in total. The van der Waals surface area contributed by atoms with E-state index in [-0.39, 0.29) is 17.6 Å². The molecule has 0 fully saturated rings. The number of nitrogens with zero attached hydrogens (tertiary/aromatic N) is 1. The predicted octanol–water partition coefficient (Wildman–Crippen LogP) is 1.39. The van der Waals surface area contributed by atoms with Crippen molar-refractivity contribution >= 4 is 9.84 Å². The van der Waals surface area contributed by atoms with Gasteiger partial charge in [0.05, 0.1) is 11.9 Å². The van der Waals surface area contributed by atoms with Gasteiger partial charge in [-0.05, 0) is 19.9 Å². The standard InChI is InChI=1S/C13H22N2O3S/c1-4-19(16,17)9-8-14-10-12-6-5-7-15-13(12)18-11(2)3/h5-7,11,14H,4,8-10H2,1-3H3. The highest BCUT2D eigenvalue weighted by molar-refractivity contribution is 7.91. The van der Waals surface area contributed by atoms with E-state index in [1.165, 1.54) is 0 Å². The third-order valence-corrected chi connectivity index (χ3v) is 4.25. The van der Waals surface area contributed by atoms with Crippen molar-refractivity contribution in [1.29, 1.82) is 0 Å². The van der Waals surface area contributed by atoms with Gasteiger partial charge in [0.15, 0.2) is 9.84 Å². The van der Waals surface area contributed by atoms with Crippen LogP contribution in [-0.4, -0.2) is 37.6 Å². The van der Waals surface area contributed by atoms with Gasteiger partial charge in [0.25, 0.3) is 0 Å². The minimum Gasteiger partial charge on any atom is -0.475 e. The molecule has 1 aromatic heterocycles. The second kappa shape index (κ2) is 7.45. The smallest absolute Gasteiger partial charge is 0.218 e. The van der Waals surface area contributed by atoms with Crippen molar-refractivity contribution in [2.75, 3.05) is 18.1 Å². The molecule has 0 saturated carbocycles. The summed E-state index contributed by atoms with van der Waals surface area (Å²) in [6.07, 6.45) is 1.75. The summed E-state index contributed by atoms with van der Waals surface area (Å²) in [4.78, 5) is 4.18. The fourth-order valence-corrected chi connectivity index (χ4v) is 2.23. The number of sulfone groups is 1. The van der Waals surface area contributed by atoms with Crippen molar-refractivity contribution in [2.24, 2.45) is 0 Å². The summed E-state index contributed by atoms with van der Waals surface area (Å²) < 4.78 is 28.3. The van der Waals surface area contributed by atoms with Crippen LogP contribution in [0, 0.1) is 0 Å². The Morgan fingerprint density at radius 2 is 2.16 bits per heavy atom. The fourth-order valence-electron chi connectivity index (χ4n) is 1.48. The van der Waals surface area contributed by atoms with Crippen LogP contribution in [0.15, 0.2) is 18.3 Å². The van der Waals surface area contributed by atoms with E-state index in [4.69, 9.17) is 4.74 Å². The molecule has 1 aromatic rings. The van der Waals surface area contributed by atoms with Gasteiger partial charge in [-0.25, -0.2) is 13.4 Å². The average Bonchev–Trinajstić information content (AvgIpc) is 2.36. The molecule has 1 heterocycles. The summed E-state index contributed by atoms with van der Waals surface area (Å²) in [7, 11) is -2.91. The van der Waals surface area contributed by atoms with Crippen molar-refractivity contribution in [3.63, 3.8) is 0 Å². The van der Waals surface area contributed by atoms with Gasteiger partial charge in [0.2, 0.25) is 5.88 Å². The number of hydrogen-bond donors (Lipinski definition) is 1. The summed E-state index contributed by atoms with van der Waals surface area (Å²) in [6.45, 7) is 6.53. The number of ether oxygens (including phenoxy) is 1. The lowest BCUT2D eigenvalue weighted by molar-refractivity contribution is 0.229. The number of aromatic nitrogens is 1. The van der Waals surface area contributed by atoms with Gasteiger partial charge in [0, 0.05) is 30.6 Å². The monoisotopic (exact) mass is 286 g/mol. The molecular formula is C13H22N2O3S. The molecule has 108 valence electrons. The quantitative estimate of drug-likeness (QED) is 0.731. The Morgan fingerprint density at radius 1 is 1.42 bits per heavy atom. The Morgan fingerprint density at radius 3 is 2.79 bits per heavy atom. The first kappa shape index (κ1) is 15.9. The van der Waals surface area contributed by atoms with Crippen LogP contribution in [0.3, 0.4) is 0 Å². The molecule has 5 nitrogen and oxygen atoms in total. The van der Waals surface area contributed by atoms with Crippen LogP contribution in [0.2, 0.25) is 0 Å². The Balaban J connectivity index is 2.49. The fraction of sp³-hybridized carbons (Fsp3) is 0.615. The van der Waals surface area contributed by atoms with Crippen molar-refractivity contribution in [3.8, 4) is 5.88 Å². The Hall–Kier alpha value is -1.14. The van der Waals surface area contributed by atoms with E-state index in [9.17, 15) is 8.42 Å². The number of hydrogen-bond acceptors (Lipinski definition) is 5. The van der Waals surface area contributed by atoms with Gasteiger partial charge in [-0.15, -0.1) is 0 Å². The molecule has 0 radical (unpaired) electrons. The molecule has 0 aliphatic carbocycles. The Labute approximate surface area is 115 Å². The molecule has 0 aliphatic rings. The molecule has 0 aromatic carbocycles. The summed E-state index contributed by atoms with van der Waals surface area (Å²) in [5.74, 6) is 0.941. The lowest BCUT2D eigenvalue weighted by atomic mass is 10.2. The molecule has 0 aliphatic heterocycles. The van der Waals surface area contributed by atoms with Crippen molar-refractivity contribution in [3.05, 3.63) is 23.9 Å². The van der Waals surface area contributed by atoms with E-state index in [0.29, 0.717) is 19.0 Å². The van der Waals surface area contributed by atoms with Crippen molar-refractivity contribution in [2.45, 2.75) is 33.4 Å². The minimum atomic E-state index is -2.91. The summed E-state index contributed by atoms with van der Waals surface area (Å²) in [5.41, 5.74) is 0.935. The third-order valence-electron chi connectivity index (χ3n) is 2.54. The molecule has 19 heavy (non-hydrogen) atoms. The molecular weight excluding hydrogens is 264 g/mol. The van der Waals surface area contributed by atoms with Crippen molar-refractivity contribution in [1.82, 2.24) is 10.3 Å². The number of nitrogens with one attached hydrogen (secondary N) is 1. The highest BCUT2D eigenvalue weighted by Gasteiger charge is 2.08. The number of pyridine rings is 1. The largest absolute Gasteiger partial charge is 0.475 e. The zero-order valence-electron chi connectivity index (χ0n) is 11.7. The second-order valence-corrected chi connectivity index (χ2v) is 7.02. The SMILES string of the molecule is CCS(=O)(=O)CCNCc1cccnc1OC(C)C. The highest BCUT2D eigenvalue weighted by Crippen LogP contribution is 2.15. The summed E-state index contributed by atoms with van der Waals surface area (Å²) in [5, 5.41) is 3.11. The second-order valence-electron chi connectivity index (χ2n) is 4.55. The maximum absolute atomic E-state index is 11.3. The molecule has 0 unspecified atom stereocenters. The molecule has 0 atom stereocenters. The van der Waals surface area contributed by atoms with Crippen LogP contribution >= 0.6 is 0 Å². The normalized spacial score (nSPS) is 11.8. The van der Waals surface area contributed by atoms with Crippen molar-refractivity contribution < 1.29 is 13.2 Å². The first-order valence-corrected chi connectivity index (χ1v) is 8.28. The van der Waals surface area contributed by atoms with Crippen LogP contribution in [0.4, 0.5) is 0 Å². The third kappa shape index (κ3) is 6.02. The molecule has 0 spiro atoms. The van der Waals surface area contributed by atoms with Gasteiger partial charge in [-0.1, -0.05) is 13.0 Å². The lowest BCUT2D eigenvalue weighted by Gasteiger charge is -2.13. The van der Waals surface area contributed by atoms with Gasteiger partial charge in [-0.3, -0.25) is 0 Å². The van der Waals surface area contributed by atoms with Crippen LogP contribution < -0.4 is 10.1 Å². The molecule has 6 heteroatoms. The van der Waals surface area contributed by atoms with E-state index in [1.54, 1.807) is 13.1 Å². The van der Waals surface area contributed by atoms with E-state index in [0.717, 1.165) is 5.56 Å². The van der Waals surface area contributed by atoms with E-state index < -0.39 is 9.84 Å². The average molecular weight is 286 g/mol. The van der Waals surface area contributed by atoms with Crippen LogP contribution in [-0.2, 0) is 16.4 Å². The molecule has 1 rings (SSSR count). The van der Waals surface area contributed by atoms with E-state index in [1.807, 2.05) is 26.0 Å². The van der Waals surface area contributed by atoms with E-state index in [2.05, 4.69) is 10.3 Å². The van der Waals surface area contributed by atoms with E-state index >= 15 is 0 Å². The van der Waals surface area contributed by atoms with Crippen LogP contribution in [0.1, 0.15) is 26.3 Å². The topological polar surface area (TPSA) is 68.3 Å². The van der Waals surface area contributed by atoms with Gasteiger partial charge < -0.3 is 10.1 Å². The zero-order chi connectivity index (χ0) is 14.3. The Kier molecular flexibility index (Phi) is 6.24. The van der Waals surface area contributed by atoms with Crippen LogP contribution in [0.5, 0.6) is 5.88 Å². The van der Waals surface area contributed by atoms with Gasteiger partial charge >= 0.3 is 0 Å². The highest BCUT2D eigenvalue weighted by atomic mass is 32.2. The summed E-state index contributed by atoms with van der Waals surface area (Å²) >= 11 is 0. The first-order chi connectivity index (χ1) is 8.94. The first-order valence-electron chi connectivity index (χ1n) is 6.46. The van der Waals surface area contributed by atoms with Gasteiger partial charge in [0.1, 0.15) is 0 Å². The van der Waals surface area contributed by atoms with Gasteiger partial charge in [-0.2, -0.15) is 0 Å². The lowest BCUT2D eigenvalue weighted by Crippen LogP contribution is -2.24. The molecule has 0 saturated heterocycles. The predicted molar refractivity (Wildman–Crippen MR) is 76.0 cm³/mol. The number of rotatable bonds is 8. The Bertz CT molecular complexity index is 486. The summed E-state index contributed by atoms with van der Waals surface area (Å²) in [6, 6.07) is 3.76. The minimum absolute atomic E-state index is 0.0640. The zero-order valence-corrected chi connectivity index (χ0v) is 12.5. The molecule has 0 bridgehead atoms. The molecule has 0 amide bonds. The maximum Gasteiger partial charge on any atom is 0.218 e.